The number of rotatable bonds is 0. The van der Waals surface area contributed by atoms with E-state index in [9.17, 15) is 4.79 Å². The lowest BCUT2D eigenvalue weighted by atomic mass is 10.3. The van der Waals surface area contributed by atoms with Gasteiger partial charge in [0.1, 0.15) is 4.99 Å². The van der Waals surface area contributed by atoms with Gasteiger partial charge in [0, 0.05) is 24.2 Å². The van der Waals surface area contributed by atoms with Crippen molar-refractivity contribution in [2.75, 3.05) is 0 Å². The molecule has 2 aliphatic heterocycles. The summed E-state index contributed by atoms with van der Waals surface area (Å²) in [6.45, 7) is 0. The molecule has 0 radical (unpaired) electrons. The van der Waals surface area contributed by atoms with E-state index >= 15 is 0 Å². The van der Waals surface area contributed by atoms with Crippen LogP contribution in [0.4, 0.5) is 4.79 Å². The Balaban J connectivity index is 2.55. The zero-order chi connectivity index (χ0) is 9.26. The fourth-order valence-corrected chi connectivity index (χ4v) is 2.28. The minimum atomic E-state index is -0.900. The Kier molecular flexibility index (Phi) is 1.94. The molecular formula is C8H6N2O2S. The summed E-state index contributed by atoms with van der Waals surface area (Å²) in [5, 5.41) is 9.63. The molecule has 0 bridgehead atoms. The Labute approximate surface area is 76.9 Å². The summed E-state index contributed by atoms with van der Waals surface area (Å²) in [7, 11) is -0.900. The van der Waals surface area contributed by atoms with Crippen LogP contribution in [0.5, 0.6) is 0 Å². The average molecular weight is 194 g/mol. The molecule has 2 rings (SSSR count). The molecule has 0 saturated heterocycles. The number of carboxylic acid groups (broad SMARTS) is 1. The molecule has 0 aromatic heterocycles. The van der Waals surface area contributed by atoms with Crippen LogP contribution in [0.2, 0.25) is 0 Å². The molecule has 0 aromatic carbocycles. The number of nitrogens with zero attached hydrogens (tertiary/aromatic N) is 2. The van der Waals surface area contributed by atoms with Crippen molar-refractivity contribution in [3.8, 4) is 0 Å². The number of hydrogen-bond donors (Lipinski definition) is 1. The summed E-state index contributed by atoms with van der Waals surface area (Å²) in [4.78, 5) is 19.3. The predicted molar refractivity (Wildman–Crippen MR) is 54.8 cm³/mol. The molecule has 0 aromatic rings. The van der Waals surface area contributed by atoms with Crippen molar-refractivity contribution in [2.24, 2.45) is 9.98 Å². The van der Waals surface area contributed by atoms with Gasteiger partial charge in [-0.05, 0) is 22.0 Å². The first-order valence-corrected chi connectivity index (χ1v) is 4.85. The molecule has 1 unspecified atom stereocenters. The van der Waals surface area contributed by atoms with E-state index in [4.69, 9.17) is 5.11 Å². The van der Waals surface area contributed by atoms with Crippen molar-refractivity contribution < 1.29 is 9.90 Å². The number of carbonyl (C=O) groups is 1. The molecule has 2 heterocycles. The standard InChI is InChI=1S/C8H6N2O2S/c11-8(12)13-4-1-6-5-9-2-3-10-7(6)13/h1-5H,(H,11,12). The topological polar surface area (TPSA) is 62.0 Å². The van der Waals surface area contributed by atoms with Crippen LogP contribution in [-0.2, 0) is 0 Å². The predicted octanol–water partition coefficient (Wildman–Crippen LogP) is 1.63. The summed E-state index contributed by atoms with van der Waals surface area (Å²) >= 11 is 0. The summed E-state index contributed by atoms with van der Waals surface area (Å²) in [6, 6.07) is 0. The van der Waals surface area contributed by atoms with E-state index in [1.54, 1.807) is 17.7 Å². The van der Waals surface area contributed by atoms with E-state index in [1.807, 2.05) is 0 Å². The largest absolute Gasteiger partial charge is 0.473 e. The van der Waals surface area contributed by atoms with Crippen LogP contribution in [0, 0.1) is 0 Å². The van der Waals surface area contributed by atoms with Crippen LogP contribution in [0.3, 0.4) is 0 Å². The highest BCUT2D eigenvalue weighted by molar-refractivity contribution is 8.30. The molecule has 13 heavy (non-hydrogen) atoms. The molecule has 4 nitrogen and oxygen atoms in total. The highest BCUT2D eigenvalue weighted by Gasteiger charge is 2.18. The van der Waals surface area contributed by atoms with Crippen molar-refractivity contribution in [1.29, 1.82) is 0 Å². The molecule has 1 N–H and O–H groups in total. The summed E-state index contributed by atoms with van der Waals surface area (Å²) in [5.74, 6) is 0. The Morgan fingerprint density at radius 1 is 1.46 bits per heavy atom. The highest BCUT2D eigenvalue weighted by Crippen LogP contribution is 2.30. The second kappa shape index (κ2) is 3.10. The van der Waals surface area contributed by atoms with Crippen molar-refractivity contribution in [2.45, 2.75) is 0 Å². The van der Waals surface area contributed by atoms with Gasteiger partial charge < -0.3 is 5.11 Å². The molecule has 2 aliphatic rings. The number of aliphatic imine (C=N–C) groups is 2. The first kappa shape index (κ1) is 8.12. The van der Waals surface area contributed by atoms with E-state index in [1.165, 1.54) is 12.4 Å². The second-order valence-electron chi connectivity index (χ2n) is 2.37. The Morgan fingerprint density at radius 2 is 2.31 bits per heavy atom. The van der Waals surface area contributed by atoms with Gasteiger partial charge in [0.15, 0.2) is 0 Å². The molecule has 0 fully saturated rings. The highest BCUT2D eigenvalue weighted by atomic mass is 32.2. The maximum absolute atomic E-state index is 10.8. The van der Waals surface area contributed by atoms with E-state index in [0.29, 0.717) is 4.99 Å². The Bertz CT molecular complexity index is 416. The lowest BCUT2D eigenvalue weighted by Gasteiger charge is -1.97. The van der Waals surface area contributed by atoms with E-state index < -0.39 is 15.8 Å². The SMILES string of the molecule is O=C(O)S1=C2N=CC=NC=C2C=C1. The third-order valence-corrected chi connectivity index (χ3v) is 3.13. The first-order valence-electron chi connectivity index (χ1n) is 3.56. The molecule has 1 atom stereocenters. The number of hydrogen-bond acceptors (Lipinski definition) is 3. The van der Waals surface area contributed by atoms with Crippen LogP contribution >= 0.6 is 10.5 Å². The van der Waals surface area contributed by atoms with Crippen molar-refractivity contribution in [3.05, 3.63) is 23.3 Å². The van der Waals surface area contributed by atoms with Gasteiger partial charge in [-0.3, -0.25) is 4.99 Å². The maximum atomic E-state index is 10.8. The average Bonchev–Trinajstić information content (AvgIpc) is 2.36. The van der Waals surface area contributed by atoms with E-state index in [2.05, 4.69) is 9.98 Å². The smallest absolute Gasteiger partial charge is 0.365 e. The van der Waals surface area contributed by atoms with Crippen LogP contribution in [0.25, 0.3) is 0 Å². The van der Waals surface area contributed by atoms with Gasteiger partial charge in [-0.15, -0.1) is 0 Å². The summed E-state index contributed by atoms with van der Waals surface area (Å²) in [5.41, 5.74) is 0.788. The van der Waals surface area contributed by atoms with Crippen LogP contribution < -0.4 is 0 Å². The third kappa shape index (κ3) is 1.38. The normalized spacial score (nSPS) is 24.2. The van der Waals surface area contributed by atoms with Gasteiger partial charge in [-0.1, -0.05) is 0 Å². The number of fused-ring (bicyclic) bond motifs is 1. The zero-order valence-electron chi connectivity index (χ0n) is 6.54. The van der Waals surface area contributed by atoms with E-state index in [0.717, 1.165) is 5.57 Å². The fourth-order valence-electron chi connectivity index (χ4n) is 1.04. The van der Waals surface area contributed by atoms with Gasteiger partial charge in [-0.2, -0.15) is 0 Å². The second-order valence-corrected chi connectivity index (χ2v) is 4.06. The molecular weight excluding hydrogens is 188 g/mol. The lowest BCUT2D eigenvalue weighted by molar-refractivity contribution is 0.222. The quantitative estimate of drug-likeness (QED) is 0.596. The minimum absolute atomic E-state index is 0.588. The van der Waals surface area contributed by atoms with Gasteiger partial charge in [-0.25, -0.2) is 9.79 Å². The first-order chi connectivity index (χ1) is 6.29. The molecule has 0 saturated carbocycles. The third-order valence-electron chi connectivity index (χ3n) is 1.59. The molecule has 66 valence electrons. The van der Waals surface area contributed by atoms with Crippen molar-refractivity contribution in [3.63, 3.8) is 0 Å². The summed E-state index contributed by atoms with van der Waals surface area (Å²) < 4.78 is 0. The molecule has 0 amide bonds. The maximum Gasteiger partial charge on any atom is 0.365 e. The van der Waals surface area contributed by atoms with Crippen molar-refractivity contribution in [1.82, 2.24) is 0 Å². The van der Waals surface area contributed by atoms with Gasteiger partial charge in [0.25, 0.3) is 0 Å². The van der Waals surface area contributed by atoms with Gasteiger partial charge in [0.05, 0.1) is 0 Å². The van der Waals surface area contributed by atoms with Gasteiger partial charge >= 0.3 is 5.30 Å². The molecule has 5 heteroatoms. The minimum Gasteiger partial charge on any atom is -0.473 e. The lowest BCUT2D eigenvalue weighted by Crippen LogP contribution is -1.96. The zero-order valence-corrected chi connectivity index (χ0v) is 7.36. The molecule has 0 spiro atoms. The van der Waals surface area contributed by atoms with Gasteiger partial charge in [0.2, 0.25) is 0 Å². The van der Waals surface area contributed by atoms with E-state index in [-0.39, 0.29) is 0 Å². The Morgan fingerprint density at radius 3 is 3.08 bits per heavy atom. The fraction of sp³-hybridized carbons (Fsp3) is 0. The van der Waals surface area contributed by atoms with Crippen molar-refractivity contribution >= 4 is 33.2 Å². The van der Waals surface area contributed by atoms with Crippen LogP contribution in [-0.4, -0.2) is 27.8 Å². The summed E-state index contributed by atoms with van der Waals surface area (Å²) in [6.07, 6.45) is 6.41. The monoisotopic (exact) mass is 194 g/mol. The van der Waals surface area contributed by atoms with Crippen LogP contribution in [0.1, 0.15) is 0 Å². The van der Waals surface area contributed by atoms with Crippen LogP contribution in [0.15, 0.2) is 33.2 Å². The Hall–Kier alpha value is -1.49. The molecule has 0 aliphatic carbocycles.